The van der Waals surface area contributed by atoms with Crippen molar-refractivity contribution in [2.75, 3.05) is 0 Å². The Hall–Kier alpha value is 0.611. The molecule has 0 bridgehead atoms. The summed E-state index contributed by atoms with van der Waals surface area (Å²) < 4.78 is 0. The van der Waals surface area contributed by atoms with Gasteiger partial charge in [-0.05, 0) is 32.9 Å². The quantitative estimate of drug-likeness (QED) is 0.282. The Labute approximate surface area is 39.2 Å². The Morgan fingerprint density at radius 1 is 0.500 bits per heavy atom. The summed E-state index contributed by atoms with van der Waals surface area (Å²) in [6, 6.07) is 0. The lowest BCUT2D eigenvalue weighted by atomic mass is 16.0. The predicted octanol–water partition coefficient (Wildman–Crippen LogP) is -5.18. The molecule has 0 amide bonds. The smallest absolute Gasteiger partial charge is 0.0149 e. The SMILES string of the molecule is O.[SiH4].[SiH4].[SiH4]. The molecule has 0 aliphatic rings. The highest BCUT2D eigenvalue weighted by molar-refractivity contribution is 5.76. The first-order valence-electron chi connectivity index (χ1n) is 0. The lowest BCUT2D eigenvalue weighted by Gasteiger charge is -0.412. The van der Waals surface area contributed by atoms with E-state index in [9.17, 15) is 0 Å². The molecule has 4 heteroatoms. The molecule has 0 aliphatic heterocycles. The predicted molar refractivity (Wildman–Crippen MR) is 37.6 cm³/mol. The summed E-state index contributed by atoms with van der Waals surface area (Å²) >= 11 is 0. The van der Waals surface area contributed by atoms with Crippen LogP contribution in [0.1, 0.15) is 0 Å². The molecule has 0 heterocycles. The van der Waals surface area contributed by atoms with Crippen molar-refractivity contribution in [3.8, 4) is 0 Å². The van der Waals surface area contributed by atoms with Gasteiger partial charge in [0.1, 0.15) is 0 Å². The zero-order valence-corrected chi connectivity index (χ0v) is 0.500. The molecule has 0 aromatic heterocycles. The molecule has 0 spiro atoms. The molecule has 2 N–H and O–H groups in total. The van der Waals surface area contributed by atoms with Gasteiger partial charge in [-0.25, -0.2) is 0 Å². The standard InChI is InChI=1S/H2O.3H4Si/h1H2;3*1H4. The maximum atomic E-state index is 0. The van der Waals surface area contributed by atoms with E-state index in [0.29, 0.717) is 0 Å². The summed E-state index contributed by atoms with van der Waals surface area (Å²) in [5.74, 6) is 0. The van der Waals surface area contributed by atoms with E-state index in [1.54, 1.807) is 0 Å². The molecule has 0 aromatic carbocycles. The van der Waals surface area contributed by atoms with E-state index < -0.39 is 0 Å². The van der Waals surface area contributed by atoms with Crippen molar-refractivity contribution in [1.29, 1.82) is 0 Å². The van der Waals surface area contributed by atoms with Gasteiger partial charge in [-0.2, -0.15) is 0 Å². The average molecular weight is 114 g/mol. The van der Waals surface area contributed by atoms with E-state index in [2.05, 4.69) is 0 Å². The van der Waals surface area contributed by atoms with Crippen molar-refractivity contribution >= 4 is 32.9 Å². The van der Waals surface area contributed by atoms with Gasteiger partial charge in [-0.3, -0.25) is 0 Å². The van der Waals surface area contributed by atoms with E-state index in [-0.39, 0.29) is 38.4 Å². The highest BCUT2D eigenvalue weighted by atomic mass is 28.1. The van der Waals surface area contributed by atoms with Crippen LogP contribution >= 0.6 is 0 Å². The van der Waals surface area contributed by atoms with Crippen molar-refractivity contribution < 1.29 is 5.48 Å². The lowest BCUT2D eigenvalue weighted by Crippen LogP contribution is -0.382. The summed E-state index contributed by atoms with van der Waals surface area (Å²) in [4.78, 5) is 0. The zero-order chi connectivity index (χ0) is 0. The fraction of sp³-hybridized carbons (Fsp3) is 0. The van der Waals surface area contributed by atoms with Crippen molar-refractivity contribution in [1.82, 2.24) is 0 Å². The van der Waals surface area contributed by atoms with Crippen molar-refractivity contribution in [2.45, 2.75) is 0 Å². The van der Waals surface area contributed by atoms with Crippen LogP contribution in [0.5, 0.6) is 0 Å². The van der Waals surface area contributed by atoms with Crippen molar-refractivity contribution in [2.24, 2.45) is 0 Å². The van der Waals surface area contributed by atoms with Crippen LogP contribution in [0.4, 0.5) is 0 Å². The van der Waals surface area contributed by atoms with Gasteiger partial charge in [0.05, 0.1) is 0 Å². The molecule has 0 saturated carbocycles. The molecule has 0 aromatic rings. The lowest BCUT2D eigenvalue weighted by molar-refractivity contribution is 0.824. The minimum atomic E-state index is 0. The highest BCUT2D eigenvalue weighted by Gasteiger charge is -0.0128. The number of hydrogen-bond donors (Lipinski definition) is 0. The van der Waals surface area contributed by atoms with Crippen LogP contribution < -0.4 is 0 Å². The molecular formula is H14OSi3. The molecule has 4 heavy (non-hydrogen) atoms. The fourth-order valence-electron chi connectivity index (χ4n) is 0. The second kappa shape index (κ2) is 66.0. The topological polar surface area (TPSA) is 31.5 Å². The van der Waals surface area contributed by atoms with E-state index in [4.69, 9.17) is 0 Å². The molecule has 0 rings (SSSR count). The van der Waals surface area contributed by atoms with Gasteiger partial charge >= 0.3 is 0 Å². The maximum Gasteiger partial charge on any atom is -0.0149 e. The van der Waals surface area contributed by atoms with E-state index in [1.807, 2.05) is 0 Å². The van der Waals surface area contributed by atoms with E-state index in [0.717, 1.165) is 0 Å². The summed E-state index contributed by atoms with van der Waals surface area (Å²) in [5, 5.41) is 0. The van der Waals surface area contributed by atoms with Gasteiger partial charge in [-0.15, -0.1) is 0 Å². The third-order valence-electron chi connectivity index (χ3n) is 0. The Morgan fingerprint density at radius 3 is 0.500 bits per heavy atom. The van der Waals surface area contributed by atoms with Crippen LogP contribution in [0.15, 0.2) is 0 Å². The number of rotatable bonds is 0. The largest absolute Gasteiger partial charge is 0.412 e. The Morgan fingerprint density at radius 2 is 0.500 bits per heavy atom. The van der Waals surface area contributed by atoms with Gasteiger partial charge in [0.2, 0.25) is 0 Å². The number of hydrogen-bond acceptors (Lipinski definition) is 0. The molecular weight excluding hydrogens is 100 g/mol. The second-order valence-corrected chi connectivity index (χ2v) is 0. The Kier molecular flexibility index (Phi) is 2660. The molecule has 0 unspecified atom stereocenters. The molecule has 0 atom stereocenters. The first kappa shape index (κ1) is 161. The second-order valence-electron chi connectivity index (χ2n) is 0. The Bertz CT molecular complexity index is 3.25. The fourth-order valence-corrected chi connectivity index (χ4v) is 0. The molecule has 0 fully saturated rings. The summed E-state index contributed by atoms with van der Waals surface area (Å²) in [5.41, 5.74) is 0. The summed E-state index contributed by atoms with van der Waals surface area (Å²) in [7, 11) is 0. The maximum absolute atomic E-state index is 0. The zero-order valence-electron chi connectivity index (χ0n) is 0.500. The highest BCUT2D eigenvalue weighted by Crippen LogP contribution is -0.289. The average Bonchev–Trinajstić information content (AvgIpc) is 0. The normalized spacial score (nSPS) is 0. The third-order valence-corrected chi connectivity index (χ3v) is 0. The third kappa shape index (κ3) is 18.2. The van der Waals surface area contributed by atoms with Gasteiger partial charge in [0.25, 0.3) is 0 Å². The van der Waals surface area contributed by atoms with Crippen LogP contribution in [0.25, 0.3) is 0 Å². The minimum Gasteiger partial charge on any atom is -0.412 e. The minimum absolute atomic E-state index is 0. The first-order chi connectivity index (χ1) is 0. The molecule has 0 radical (unpaired) electrons. The monoisotopic (exact) mass is 114 g/mol. The van der Waals surface area contributed by atoms with Gasteiger partial charge in [0, 0.05) is 0 Å². The molecule has 0 aliphatic carbocycles. The van der Waals surface area contributed by atoms with Crippen LogP contribution in [-0.2, 0) is 0 Å². The van der Waals surface area contributed by atoms with E-state index in [1.165, 1.54) is 0 Å². The summed E-state index contributed by atoms with van der Waals surface area (Å²) in [6.45, 7) is 0. The van der Waals surface area contributed by atoms with Crippen molar-refractivity contribution in [3.05, 3.63) is 0 Å². The van der Waals surface area contributed by atoms with Gasteiger partial charge in [-0.1, -0.05) is 0 Å². The molecule has 0 saturated heterocycles. The van der Waals surface area contributed by atoms with E-state index >= 15 is 0 Å². The molecule has 1 nitrogen and oxygen atoms in total. The molecule has 32 valence electrons. The van der Waals surface area contributed by atoms with Crippen LogP contribution in [0.2, 0.25) is 0 Å². The Balaban J connectivity index is 0. The van der Waals surface area contributed by atoms with Gasteiger partial charge < -0.3 is 5.48 Å². The van der Waals surface area contributed by atoms with Crippen LogP contribution in [0, 0.1) is 0 Å². The first-order valence-corrected chi connectivity index (χ1v) is 0. The van der Waals surface area contributed by atoms with Gasteiger partial charge in [0.15, 0.2) is 0 Å². The van der Waals surface area contributed by atoms with Crippen LogP contribution in [-0.4, -0.2) is 38.4 Å². The summed E-state index contributed by atoms with van der Waals surface area (Å²) in [6.07, 6.45) is 0. The van der Waals surface area contributed by atoms with Crippen LogP contribution in [0.3, 0.4) is 0 Å². The van der Waals surface area contributed by atoms with Crippen molar-refractivity contribution in [3.63, 3.8) is 0 Å².